The quantitative estimate of drug-likeness (QED) is 0.527. The van der Waals surface area contributed by atoms with Crippen LogP contribution in [0.25, 0.3) is 10.2 Å². The zero-order valence-electron chi connectivity index (χ0n) is 16.7. The first-order valence-electron chi connectivity index (χ1n) is 9.90. The Morgan fingerprint density at radius 2 is 1.96 bits per heavy atom. The van der Waals surface area contributed by atoms with Gasteiger partial charge in [-0.2, -0.15) is 0 Å². The molecule has 0 saturated carbocycles. The molecule has 3 heterocycles. The van der Waals surface area contributed by atoms with Gasteiger partial charge in [0.2, 0.25) is 5.91 Å². The van der Waals surface area contributed by atoms with Crippen LogP contribution < -0.4 is 5.56 Å². The van der Waals surface area contributed by atoms with Gasteiger partial charge in [-0.25, -0.2) is 4.98 Å². The van der Waals surface area contributed by atoms with Crippen molar-refractivity contribution < 1.29 is 4.79 Å². The lowest BCUT2D eigenvalue weighted by atomic mass is 10.1. The molecule has 1 saturated heterocycles. The minimum Gasteiger partial charge on any atom is -0.342 e. The molecule has 3 rings (SSSR count). The highest BCUT2D eigenvalue weighted by molar-refractivity contribution is 8.00. The third-order valence-corrected chi connectivity index (χ3v) is 7.47. The van der Waals surface area contributed by atoms with E-state index in [1.54, 1.807) is 15.9 Å². The van der Waals surface area contributed by atoms with E-state index in [0.717, 1.165) is 59.4 Å². The average molecular weight is 408 g/mol. The molecule has 1 aliphatic heterocycles. The maximum absolute atomic E-state index is 13.2. The van der Waals surface area contributed by atoms with E-state index in [4.69, 9.17) is 4.98 Å². The van der Waals surface area contributed by atoms with Crippen LogP contribution in [0, 0.1) is 13.8 Å². The van der Waals surface area contributed by atoms with Crippen LogP contribution in [0.5, 0.6) is 0 Å². The molecule has 0 spiro atoms. The van der Waals surface area contributed by atoms with E-state index >= 15 is 0 Å². The fourth-order valence-corrected chi connectivity index (χ4v) is 5.58. The van der Waals surface area contributed by atoms with Gasteiger partial charge in [-0.3, -0.25) is 14.2 Å². The third kappa shape index (κ3) is 4.24. The third-order valence-electron chi connectivity index (χ3n) is 5.29. The molecule has 0 aliphatic carbocycles. The van der Waals surface area contributed by atoms with E-state index in [1.807, 2.05) is 25.7 Å². The molecule has 148 valence electrons. The maximum atomic E-state index is 13.2. The molecule has 7 heteroatoms. The second kappa shape index (κ2) is 8.78. The number of carbonyl (C=O) groups is 1. The smallest absolute Gasteiger partial charge is 0.263 e. The van der Waals surface area contributed by atoms with Crippen molar-refractivity contribution in [3.05, 3.63) is 20.8 Å². The Labute approximate surface area is 169 Å². The molecule has 0 N–H and O–H groups in total. The molecular formula is C20H29N3O2S2. The number of amides is 1. The van der Waals surface area contributed by atoms with E-state index in [1.165, 1.54) is 18.2 Å². The molecule has 1 atom stereocenters. The minimum absolute atomic E-state index is 0.0374. The van der Waals surface area contributed by atoms with Gasteiger partial charge in [-0.15, -0.1) is 11.3 Å². The summed E-state index contributed by atoms with van der Waals surface area (Å²) in [4.78, 5) is 34.7. The summed E-state index contributed by atoms with van der Waals surface area (Å²) in [6.45, 7) is 10.4. The van der Waals surface area contributed by atoms with Crippen LogP contribution in [0.3, 0.4) is 0 Å². The van der Waals surface area contributed by atoms with Crippen LogP contribution in [0.15, 0.2) is 9.95 Å². The average Bonchev–Trinajstić information content (AvgIpc) is 2.95. The van der Waals surface area contributed by atoms with Crippen molar-refractivity contribution in [3.63, 3.8) is 0 Å². The van der Waals surface area contributed by atoms with Gasteiger partial charge in [-0.05, 0) is 52.0 Å². The normalized spacial score (nSPS) is 16.1. The number of thiophene rings is 1. The van der Waals surface area contributed by atoms with Crippen LogP contribution in [0.2, 0.25) is 0 Å². The van der Waals surface area contributed by atoms with Crippen molar-refractivity contribution in [1.29, 1.82) is 0 Å². The van der Waals surface area contributed by atoms with E-state index in [0.29, 0.717) is 11.7 Å². The molecule has 1 unspecified atom stereocenters. The monoisotopic (exact) mass is 407 g/mol. The summed E-state index contributed by atoms with van der Waals surface area (Å²) in [6.07, 6.45) is 5.32. The lowest BCUT2D eigenvalue weighted by molar-refractivity contribution is -0.131. The highest BCUT2D eigenvalue weighted by Gasteiger charge is 2.25. The van der Waals surface area contributed by atoms with Crippen molar-refractivity contribution >= 4 is 39.2 Å². The molecule has 1 aliphatic rings. The van der Waals surface area contributed by atoms with Crippen molar-refractivity contribution in [3.8, 4) is 0 Å². The molecule has 2 aromatic heterocycles. The predicted molar refractivity (Wildman–Crippen MR) is 114 cm³/mol. The van der Waals surface area contributed by atoms with E-state index in [2.05, 4.69) is 6.92 Å². The molecule has 2 aromatic rings. The Balaban J connectivity index is 1.94. The molecule has 5 nitrogen and oxygen atoms in total. The molecule has 0 radical (unpaired) electrons. The highest BCUT2D eigenvalue weighted by Crippen LogP contribution is 2.30. The number of likely N-dealkylation sites (tertiary alicyclic amines) is 1. The molecule has 1 amide bonds. The number of aromatic nitrogens is 2. The van der Waals surface area contributed by atoms with Crippen LogP contribution in [0.1, 0.15) is 56.4 Å². The molecular weight excluding hydrogens is 378 g/mol. The fraction of sp³-hybridized carbons (Fsp3) is 0.650. The summed E-state index contributed by atoms with van der Waals surface area (Å²) in [6, 6.07) is 0. The molecule has 0 bridgehead atoms. The van der Waals surface area contributed by atoms with Gasteiger partial charge in [0.25, 0.3) is 5.56 Å². The van der Waals surface area contributed by atoms with Crippen LogP contribution in [0.4, 0.5) is 0 Å². The summed E-state index contributed by atoms with van der Waals surface area (Å²) in [7, 11) is 0. The maximum Gasteiger partial charge on any atom is 0.263 e. The van der Waals surface area contributed by atoms with Gasteiger partial charge in [0, 0.05) is 24.5 Å². The van der Waals surface area contributed by atoms with Crippen molar-refractivity contribution in [2.75, 3.05) is 13.1 Å². The zero-order chi connectivity index (χ0) is 19.6. The van der Waals surface area contributed by atoms with E-state index < -0.39 is 0 Å². The van der Waals surface area contributed by atoms with Gasteiger partial charge in [0.05, 0.1) is 10.6 Å². The Kier molecular flexibility index (Phi) is 6.63. The second-order valence-corrected chi connectivity index (χ2v) is 9.83. The Morgan fingerprint density at radius 1 is 1.26 bits per heavy atom. The Bertz CT molecular complexity index is 881. The molecule has 1 fully saturated rings. The summed E-state index contributed by atoms with van der Waals surface area (Å²) >= 11 is 3.00. The first kappa shape index (κ1) is 20.4. The zero-order valence-corrected chi connectivity index (χ0v) is 18.3. The number of piperidine rings is 1. The number of hydrogen-bond donors (Lipinski definition) is 0. The SMILES string of the molecule is CCCCn1c(SC(C)C(=O)N2CCCCC2)nc2sc(C)c(C)c2c1=O. The number of carbonyl (C=O) groups excluding carboxylic acids is 1. The second-order valence-electron chi connectivity index (χ2n) is 7.31. The van der Waals surface area contributed by atoms with Gasteiger partial charge >= 0.3 is 0 Å². The number of rotatable bonds is 6. The van der Waals surface area contributed by atoms with Crippen molar-refractivity contribution in [1.82, 2.24) is 14.5 Å². The highest BCUT2D eigenvalue weighted by atomic mass is 32.2. The van der Waals surface area contributed by atoms with Gasteiger partial charge < -0.3 is 4.90 Å². The van der Waals surface area contributed by atoms with Crippen molar-refractivity contribution in [2.24, 2.45) is 0 Å². The summed E-state index contributed by atoms with van der Waals surface area (Å²) < 4.78 is 1.79. The Morgan fingerprint density at radius 3 is 2.63 bits per heavy atom. The fourth-order valence-electron chi connectivity index (χ4n) is 3.49. The van der Waals surface area contributed by atoms with Crippen LogP contribution >= 0.6 is 23.1 Å². The number of fused-ring (bicyclic) bond motifs is 1. The molecule has 0 aromatic carbocycles. The topological polar surface area (TPSA) is 55.2 Å². The molecule has 27 heavy (non-hydrogen) atoms. The standard InChI is InChI=1S/C20H29N3O2S2/c1-5-6-12-23-19(25)16-13(2)14(3)26-17(16)21-20(23)27-15(4)18(24)22-10-8-7-9-11-22/h15H,5-12H2,1-4H3. The van der Waals surface area contributed by atoms with Crippen LogP contribution in [-0.4, -0.2) is 38.7 Å². The summed E-state index contributed by atoms with van der Waals surface area (Å²) in [5.41, 5.74) is 1.07. The van der Waals surface area contributed by atoms with Gasteiger partial charge in [0.1, 0.15) is 4.83 Å². The lowest BCUT2D eigenvalue weighted by Crippen LogP contribution is -2.40. The Hall–Kier alpha value is -1.34. The summed E-state index contributed by atoms with van der Waals surface area (Å²) in [5, 5.41) is 1.19. The van der Waals surface area contributed by atoms with Crippen LogP contribution in [-0.2, 0) is 11.3 Å². The number of thioether (sulfide) groups is 1. The summed E-state index contributed by atoms with van der Waals surface area (Å²) in [5.74, 6) is 0.162. The lowest BCUT2D eigenvalue weighted by Gasteiger charge is -2.29. The van der Waals surface area contributed by atoms with Gasteiger partial charge in [-0.1, -0.05) is 25.1 Å². The predicted octanol–water partition coefficient (Wildman–Crippen LogP) is 4.37. The number of aryl methyl sites for hydroxylation is 2. The van der Waals surface area contributed by atoms with Crippen molar-refractivity contribution in [2.45, 2.75) is 76.8 Å². The van der Waals surface area contributed by atoms with E-state index in [9.17, 15) is 9.59 Å². The van der Waals surface area contributed by atoms with Gasteiger partial charge in [0.15, 0.2) is 5.16 Å². The first-order valence-corrected chi connectivity index (χ1v) is 11.6. The largest absolute Gasteiger partial charge is 0.342 e. The number of unbranched alkanes of at least 4 members (excludes halogenated alkanes) is 1. The minimum atomic E-state index is -0.234. The van der Waals surface area contributed by atoms with E-state index in [-0.39, 0.29) is 16.7 Å². The number of hydrogen-bond acceptors (Lipinski definition) is 5. The first-order chi connectivity index (χ1) is 12.9. The number of nitrogens with zero attached hydrogens (tertiary/aromatic N) is 3.